The van der Waals surface area contributed by atoms with Crippen molar-refractivity contribution in [2.45, 2.75) is 19.8 Å². The first kappa shape index (κ1) is 17.9. The molecule has 0 radical (unpaired) electrons. The van der Waals surface area contributed by atoms with Crippen molar-refractivity contribution in [3.8, 4) is 11.3 Å². The zero-order valence-electron chi connectivity index (χ0n) is 15.5. The minimum atomic E-state index is -0.309. The van der Waals surface area contributed by atoms with E-state index in [0.29, 0.717) is 24.4 Å². The molecule has 5 heteroatoms. The molecule has 0 aliphatic heterocycles. The van der Waals surface area contributed by atoms with Gasteiger partial charge in [0.1, 0.15) is 23.0 Å². The lowest BCUT2D eigenvalue weighted by Crippen LogP contribution is -2.14. The molecule has 2 aromatic heterocycles. The van der Waals surface area contributed by atoms with Crippen molar-refractivity contribution >= 4 is 17.4 Å². The van der Waals surface area contributed by atoms with Gasteiger partial charge in [-0.25, -0.2) is 9.37 Å². The number of aryl methyl sites for hydroxylation is 2. The number of hydrogen-bond acceptors (Lipinski definition) is 2. The van der Waals surface area contributed by atoms with Gasteiger partial charge in [0.25, 0.3) is 0 Å². The highest BCUT2D eigenvalue weighted by molar-refractivity contribution is 5.94. The number of hydrogen-bond donors (Lipinski definition) is 1. The predicted octanol–water partition coefficient (Wildman–Crippen LogP) is 5.02. The smallest absolute Gasteiger partial charge is 0.225 e. The summed E-state index contributed by atoms with van der Waals surface area (Å²) in [5.74, 6) is 0.200. The second kappa shape index (κ2) is 7.64. The van der Waals surface area contributed by atoms with E-state index in [-0.39, 0.29) is 11.7 Å². The monoisotopic (exact) mass is 373 g/mol. The van der Waals surface area contributed by atoms with E-state index in [9.17, 15) is 9.18 Å². The molecule has 0 saturated carbocycles. The topological polar surface area (TPSA) is 46.4 Å². The van der Waals surface area contributed by atoms with Gasteiger partial charge in [-0.3, -0.25) is 9.20 Å². The Labute approximate surface area is 162 Å². The number of halogens is 1. The number of carbonyl (C=O) groups excluding carboxylic acids is 1. The zero-order valence-corrected chi connectivity index (χ0v) is 15.5. The summed E-state index contributed by atoms with van der Waals surface area (Å²) in [5, 5.41) is 3.00. The molecule has 0 aliphatic rings. The number of fused-ring (bicyclic) bond motifs is 1. The Balaban J connectivity index is 1.65. The van der Waals surface area contributed by atoms with Gasteiger partial charge in [-0.1, -0.05) is 30.3 Å². The quantitative estimate of drug-likeness (QED) is 0.534. The molecule has 0 fully saturated rings. The maximum Gasteiger partial charge on any atom is 0.225 e. The van der Waals surface area contributed by atoms with Gasteiger partial charge in [0.15, 0.2) is 0 Å². The molecule has 1 N–H and O–H groups in total. The van der Waals surface area contributed by atoms with Crippen molar-refractivity contribution in [3.05, 3.63) is 89.9 Å². The van der Waals surface area contributed by atoms with Crippen molar-refractivity contribution < 1.29 is 9.18 Å². The first-order valence-corrected chi connectivity index (χ1v) is 9.18. The van der Waals surface area contributed by atoms with E-state index in [4.69, 9.17) is 0 Å². The van der Waals surface area contributed by atoms with Crippen LogP contribution >= 0.6 is 0 Å². The number of benzene rings is 2. The van der Waals surface area contributed by atoms with Crippen LogP contribution in [0.5, 0.6) is 0 Å². The van der Waals surface area contributed by atoms with E-state index >= 15 is 0 Å². The number of anilines is 1. The molecule has 4 aromatic rings. The van der Waals surface area contributed by atoms with Crippen LogP contribution in [-0.2, 0) is 11.2 Å². The summed E-state index contributed by atoms with van der Waals surface area (Å²) >= 11 is 0. The summed E-state index contributed by atoms with van der Waals surface area (Å²) in [5.41, 5.74) is 4.30. The first-order valence-electron chi connectivity index (χ1n) is 9.18. The van der Waals surface area contributed by atoms with E-state index in [0.717, 1.165) is 22.3 Å². The average Bonchev–Trinajstić information content (AvgIpc) is 3.05. The second-order valence-corrected chi connectivity index (χ2v) is 6.78. The van der Waals surface area contributed by atoms with Crippen LogP contribution in [0.15, 0.2) is 72.9 Å². The molecule has 28 heavy (non-hydrogen) atoms. The molecule has 140 valence electrons. The minimum absolute atomic E-state index is 0.0883. The SMILES string of the molecule is Cc1ccn2c(NC(=O)CCc3ccccc3)c(-c3ccc(F)cc3)nc2c1. The summed E-state index contributed by atoms with van der Waals surface area (Å²) in [7, 11) is 0. The molecule has 0 aliphatic carbocycles. The molecule has 0 unspecified atom stereocenters. The number of carbonyl (C=O) groups is 1. The highest BCUT2D eigenvalue weighted by Crippen LogP contribution is 2.29. The molecule has 2 aromatic carbocycles. The number of pyridine rings is 1. The van der Waals surface area contributed by atoms with Gasteiger partial charge in [0.2, 0.25) is 5.91 Å². The van der Waals surface area contributed by atoms with E-state index in [1.54, 1.807) is 12.1 Å². The Morgan fingerprint density at radius 2 is 1.82 bits per heavy atom. The lowest BCUT2D eigenvalue weighted by atomic mass is 10.1. The number of nitrogens with one attached hydrogen (secondary N) is 1. The number of aromatic nitrogens is 2. The summed E-state index contributed by atoms with van der Waals surface area (Å²) in [4.78, 5) is 17.3. The highest BCUT2D eigenvalue weighted by Gasteiger charge is 2.16. The third kappa shape index (κ3) is 3.78. The molecule has 0 atom stereocenters. The zero-order chi connectivity index (χ0) is 19.5. The lowest BCUT2D eigenvalue weighted by molar-refractivity contribution is -0.116. The van der Waals surface area contributed by atoms with E-state index in [1.165, 1.54) is 12.1 Å². The van der Waals surface area contributed by atoms with Crippen LogP contribution in [0, 0.1) is 12.7 Å². The molecule has 0 bridgehead atoms. The van der Waals surface area contributed by atoms with Gasteiger partial charge in [-0.15, -0.1) is 0 Å². The van der Waals surface area contributed by atoms with Crippen LogP contribution in [0.1, 0.15) is 17.5 Å². The van der Waals surface area contributed by atoms with Crippen LogP contribution in [0.3, 0.4) is 0 Å². The fraction of sp³-hybridized carbons (Fsp3) is 0.130. The highest BCUT2D eigenvalue weighted by atomic mass is 19.1. The minimum Gasteiger partial charge on any atom is -0.310 e. The van der Waals surface area contributed by atoms with Crippen molar-refractivity contribution in [1.82, 2.24) is 9.38 Å². The fourth-order valence-corrected chi connectivity index (χ4v) is 3.17. The molecular formula is C23H20FN3O. The summed E-state index contributed by atoms with van der Waals surface area (Å²) < 4.78 is 15.2. The van der Waals surface area contributed by atoms with Crippen molar-refractivity contribution in [2.75, 3.05) is 5.32 Å². The van der Waals surface area contributed by atoms with Crippen LogP contribution in [0.2, 0.25) is 0 Å². The van der Waals surface area contributed by atoms with Crippen molar-refractivity contribution in [3.63, 3.8) is 0 Å². The molecule has 2 heterocycles. The Morgan fingerprint density at radius 3 is 2.57 bits per heavy atom. The second-order valence-electron chi connectivity index (χ2n) is 6.78. The number of imidazole rings is 1. The van der Waals surface area contributed by atoms with Gasteiger partial charge in [0, 0.05) is 18.2 Å². The Bertz CT molecular complexity index is 1120. The van der Waals surface area contributed by atoms with Gasteiger partial charge in [0.05, 0.1) is 0 Å². The average molecular weight is 373 g/mol. The first-order chi connectivity index (χ1) is 13.6. The Kier molecular flexibility index (Phi) is 4.89. The number of nitrogens with zero attached hydrogens (tertiary/aromatic N) is 2. The standard InChI is InChI=1S/C23H20FN3O/c1-16-13-14-27-20(15-16)25-22(18-8-10-19(24)11-9-18)23(27)26-21(28)12-7-17-5-3-2-4-6-17/h2-6,8-11,13-15H,7,12H2,1H3,(H,26,28). The van der Waals surface area contributed by atoms with Crippen molar-refractivity contribution in [2.24, 2.45) is 0 Å². The van der Waals surface area contributed by atoms with Crippen LogP contribution in [-0.4, -0.2) is 15.3 Å². The number of rotatable bonds is 5. The van der Waals surface area contributed by atoms with Crippen LogP contribution < -0.4 is 5.32 Å². The molecule has 4 rings (SSSR count). The maximum absolute atomic E-state index is 13.3. The van der Waals surface area contributed by atoms with Crippen LogP contribution in [0.4, 0.5) is 10.2 Å². The normalized spacial score (nSPS) is 10.9. The predicted molar refractivity (Wildman–Crippen MR) is 109 cm³/mol. The summed E-state index contributed by atoms with van der Waals surface area (Å²) in [6, 6.07) is 19.9. The van der Waals surface area contributed by atoms with Crippen molar-refractivity contribution in [1.29, 1.82) is 0 Å². The molecule has 1 amide bonds. The largest absolute Gasteiger partial charge is 0.310 e. The third-order valence-corrected chi connectivity index (χ3v) is 4.64. The summed E-state index contributed by atoms with van der Waals surface area (Å²) in [6.07, 6.45) is 2.91. The Hall–Kier alpha value is -3.47. The lowest BCUT2D eigenvalue weighted by Gasteiger charge is -2.08. The molecule has 0 spiro atoms. The van der Waals surface area contributed by atoms with Gasteiger partial charge in [-0.05, 0) is 60.9 Å². The van der Waals surface area contributed by atoms with Gasteiger partial charge >= 0.3 is 0 Å². The summed E-state index contributed by atoms with van der Waals surface area (Å²) in [6.45, 7) is 1.99. The van der Waals surface area contributed by atoms with Crippen LogP contribution in [0.25, 0.3) is 16.9 Å². The van der Waals surface area contributed by atoms with E-state index in [1.807, 2.05) is 60.0 Å². The van der Waals surface area contributed by atoms with E-state index < -0.39 is 0 Å². The maximum atomic E-state index is 13.3. The van der Waals surface area contributed by atoms with Gasteiger partial charge < -0.3 is 5.32 Å². The number of amides is 1. The molecule has 4 nitrogen and oxygen atoms in total. The third-order valence-electron chi connectivity index (χ3n) is 4.64. The fourth-order valence-electron chi connectivity index (χ4n) is 3.17. The molecular weight excluding hydrogens is 353 g/mol. The molecule has 0 saturated heterocycles. The Morgan fingerprint density at radius 1 is 1.07 bits per heavy atom. The van der Waals surface area contributed by atoms with Gasteiger partial charge in [-0.2, -0.15) is 0 Å². The van der Waals surface area contributed by atoms with E-state index in [2.05, 4.69) is 10.3 Å².